The molecule has 2 rings (SSSR count). The van der Waals surface area contributed by atoms with Crippen molar-refractivity contribution < 1.29 is 4.74 Å². The second kappa shape index (κ2) is 7.54. The Morgan fingerprint density at radius 1 is 1.56 bits per heavy atom. The van der Waals surface area contributed by atoms with Gasteiger partial charge in [0.25, 0.3) is 0 Å². The summed E-state index contributed by atoms with van der Waals surface area (Å²) >= 11 is 0. The number of ether oxygens (including phenoxy) is 1. The van der Waals surface area contributed by atoms with Gasteiger partial charge in [0.15, 0.2) is 0 Å². The summed E-state index contributed by atoms with van der Waals surface area (Å²) in [5.41, 5.74) is 1.14. The monoisotopic (exact) mass is 251 g/mol. The zero-order valence-electron chi connectivity index (χ0n) is 11.4. The van der Waals surface area contributed by atoms with Crippen LogP contribution in [-0.4, -0.2) is 28.8 Å². The van der Waals surface area contributed by atoms with Crippen LogP contribution in [0, 0.1) is 0 Å². The summed E-state index contributed by atoms with van der Waals surface area (Å²) < 4.78 is 7.82. The molecule has 1 aliphatic rings. The van der Waals surface area contributed by atoms with E-state index in [-0.39, 0.29) is 0 Å². The number of hydrogen-bond acceptors (Lipinski definition) is 3. The van der Waals surface area contributed by atoms with Crippen LogP contribution in [0.3, 0.4) is 0 Å². The Balaban J connectivity index is 1.63. The molecule has 1 fully saturated rings. The van der Waals surface area contributed by atoms with Crippen molar-refractivity contribution in [3.05, 3.63) is 18.2 Å². The maximum absolute atomic E-state index is 5.63. The van der Waals surface area contributed by atoms with Crippen LogP contribution >= 0.6 is 0 Å². The number of nitrogens with one attached hydrogen (secondary N) is 1. The van der Waals surface area contributed by atoms with E-state index in [1.165, 1.54) is 32.1 Å². The van der Waals surface area contributed by atoms with Crippen LogP contribution in [0.15, 0.2) is 12.5 Å². The number of nitrogens with zero attached hydrogens (tertiary/aromatic N) is 2. The first-order chi connectivity index (χ1) is 8.88. The largest absolute Gasteiger partial charge is 0.378 e. The van der Waals surface area contributed by atoms with E-state index in [1.54, 1.807) is 0 Å². The van der Waals surface area contributed by atoms with Crippen molar-refractivity contribution in [2.75, 3.05) is 13.2 Å². The number of aromatic nitrogens is 2. The Morgan fingerprint density at radius 3 is 3.28 bits per heavy atom. The van der Waals surface area contributed by atoms with Crippen molar-refractivity contribution in [1.29, 1.82) is 0 Å². The molecule has 0 aromatic carbocycles. The molecule has 0 aliphatic carbocycles. The first kappa shape index (κ1) is 13.6. The molecule has 0 bridgehead atoms. The fourth-order valence-corrected chi connectivity index (χ4v) is 2.39. The molecule has 2 heterocycles. The smallest absolute Gasteiger partial charge is 0.0949 e. The molecule has 4 heteroatoms. The van der Waals surface area contributed by atoms with Gasteiger partial charge in [0.05, 0.1) is 18.1 Å². The summed E-state index contributed by atoms with van der Waals surface area (Å²) in [4.78, 5) is 4.41. The average molecular weight is 251 g/mol. The van der Waals surface area contributed by atoms with Crippen molar-refractivity contribution in [1.82, 2.24) is 14.9 Å². The van der Waals surface area contributed by atoms with Crippen molar-refractivity contribution in [2.24, 2.45) is 0 Å². The van der Waals surface area contributed by atoms with Gasteiger partial charge in [-0.3, -0.25) is 0 Å². The number of hydrogen-bond donors (Lipinski definition) is 1. The van der Waals surface area contributed by atoms with Crippen molar-refractivity contribution in [3.63, 3.8) is 0 Å². The lowest BCUT2D eigenvalue weighted by Crippen LogP contribution is -2.13. The van der Waals surface area contributed by atoms with Crippen LogP contribution in [-0.2, 0) is 17.8 Å². The second-order valence-corrected chi connectivity index (χ2v) is 5.06. The highest BCUT2D eigenvalue weighted by Crippen LogP contribution is 2.17. The summed E-state index contributed by atoms with van der Waals surface area (Å²) in [7, 11) is 0. The standard InChI is InChI=1S/C14H25N3O/c1-2-7-15-10-13-11-17(12-16-13)8-3-5-14-6-4-9-18-14/h11-12,14-15H,2-10H2,1H3. The molecule has 1 aliphatic heterocycles. The lowest BCUT2D eigenvalue weighted by molar-refractivity contribution is 0.101. The molecule has 0 spiro atoms. The zero-order chi connectivity index (χ0) is 12.6. The molecule has 0 saturated carbocycles. The van der Waals surface area contributed by atoms with Gasteiger partial charge in [-0.05, 0) is 38.6 Å². The maximum atomic E-state index is 5.63. The van der Waals surface area contributed by atoms with Crippen LogP contribution in [0.4, 0.5) is 0 Å². The molecular weight excluding hydrogens is 226 g/mol. The van der Waals surface area contributed by atoms with Gasteiger partial charge in [-0.1, -0.05) is 6.92 Å². The highest BCUT2D eigenvalue weighted by Gasteiger charge is 2.14. The molecule has 0 amide bonds. The third-order valence-corrected chi connectivity index (χ3v) is 3.39. The summed E-state index contributed by atoms with van der Waals surface area (Å²) in [6.07, 6.45) is 10.6. The molecule has 1 unspecified atom stereocenters. The molecule has 102 valence electrons. The van der Waals surface area contributed by atoms with Gasteiger partial charge < -0.3 is 14.6 Å². The van der Waals surface area contributed by atoms with Gasteiger partial charge in [0, 0.05) is 25.9 Å². The second-order valence-electron chi connectivity index (χ2n) is 5.06. The molecular formula is C14H25N3O. The van der Waals surface area contributed by atoms with Gasteiger partial charge in [0.2, 0.25) is 0 Å². The van der Waals surface area contributed by atoms with Crippen molar-refractivity contribution in [2.45, 2.75) is 58.2 Å². The van der Waals surface area contributed by atoms with Gasteiger partial charge >= 0.3 is 0 Å². The lowest BCUT2D eigenvalue weighted by Gasteiger charge is -2.08. The van der Waals surface area contributed by atoms with Gasteiger partial charge in [-0.25, -0.2) is 4.98 Å². The number of rotatable bonds is 8. The predicted octanol–water partition coefficient (Wildman–Crippen LogP) is 2.34. The summed E-state index contributed by atoms with van der Waals surface area (Å²) in [6.45, 7) is 6.14. The molecule has 1 N–H and O–H groups in total. The zero-order valence-corrected chi connectivity index (χ0v) is 11.4. The molecule has 1 atom stereocenters. The average Bonchev–Trinajstić information content (AvgIpc) is 3.01. The predicted molar refractivity (Wildman–Crippen MR) is 72.4 cm³/mol. The quantitative estimate of drug-likeness (QED) is 0.721. The number of aryl methyl sites for hydroxylation is 1. The molecule has 1 aromatic rings. The van der Waals surface area contributed by atoms with E-state index in [2.05, 4.69) is 28.0 Å². The minimum atomic E-state index is 0.513. The fraction of sp³-hybridized carbons (Fsp3) is 0.786. The highest BCUT2D eigenvalue weighted by molar-refractivity contribution is 4.96. The maximum Gasteiger partial charge on any atom is 0.0949 e. The summed E-state index contributed by atoms with van der Waals surface area (Å²) in [5.74, 6) is 0. The van der Waals surface area contributed by atoms with E-state index in [9.17, 15) is 0 Å². The molecule has 18 heavy (non-hydrogen) atoms. The third kappa shape index (κ3) is 4.42. The van der Waals surface area contributed by atoms with E-state index >= 15 is 0 Å². The van der Waals surface area contributed by atoms with E-state index in [0.717, 1.165) is 31.9 Å². The summed E-state index contributed by atoms with van der Waals surface area (Å²) in [5, 5.41) is 3.37. The Bertz CT molecular complexity index is 332. The van der Waals surface area contributed by atoms with Gasteiger partial charge in [-0.15, -0.1) is 0 Å². The van der Waals surface area contributed by atoms with Crippen molar-refractivity contribution in [3.8, 4) is 0 Å². The molecule has 0 radical (unpaired) electrons. The van der Waals surface area contributed by atoms with Crippen LogP contribution in [0.1, 0.15) is 44.7 Å². The van der Waals surface area contributed by atoms with Gasteiger partial charge in [0.1, 0.15) is 0 Å². The van der Waals surface area contributed by atoms with E-state index in [0.29, 0.717) is 6.10 Å². The minimum Gasteiger partial charge on any atom is -0.378 e. The van der Waals surface area contributed by atoms with E-state index in [4.69, 9.17) is 4.74 Å². The Kier molecular flexibility index (Phi) is 5.68. The molecule has 4 nitrogen and oxygen atoms in total. The highest BCUT2D eigenvalue weighted by atomic mass is 16.5. The van der Waals surface area contributed by atoms with E-state index < -0.39 is 0 Å². The molecule has 1 saturated heterocycles. The van der Waals surface area contributed by atoms with E-state index in [1.807, 2.05) is 6.33 Å². The van der Waals surface area contributed by atoms with Crippen LogP contribution in [0.2, 0.25) is 0 Å². The van der Waals surface area contributed by atoms with Crippen LogP contribution in [0.25, 0.3) is 0 Å². The van der Waals surface area contributed by atoms with Crippen molar-refractivity contribution >= 4 is 0 Å². The minimum absolute atomic E-state index is 0.513. The summed E-state index contributed by atoms with van der Waals surface area (Å²) in [6, 6.07) is 0. The number of imidazole rings is 1. The Hall–Kier alpha value is -0.870. The SMILES string of the molecule is CCCNCc1cn(CCCC2CCCO2)cn1. The van der Waals surface area contributed by atoms with Crippen LogP contribution < -0.4 is 5.32 Å². The Morgan fingerprint density at radius 2 is 2.50 bits per heavy atom. The first-order valence-corrected chi connectivity index (χ1v) is 7.21. The van der Waals surface area contributed by atoms with Crippen LogP contribution in [0.5, 0.6) is 0 Å². The molecule has 1 aromatic heterocycles. The third-order valence-electron chi connectivity index (χ3n) is 3.39. The fourth-order valence-electron chi connectivity index (χ4n) is 2.39. The first-order valence-electron chi connectivity index (χ1n) is 7.21. The normalized spacial score (nSPS) is 19.5. The van der Waals surface area contributed by atoms with Gasteiger partial charge in [-0.2, -0.15) is 0 Å². The lowest BCUT2D eigenvalue weighted by atomic mass is 10.1. The Labute approximate surface area is 110 Å². The topological polar surface area (TPSA) is 39.1 Å².